The Bertz CT molecular complexity index is 728. The highest BCUT2D eigenvalue weighted by Crippen LogP contribution is 2.21. The van der Waals surface area contributed by atoms with E-state index in [9.17, 15) is 18.4 Å². The number of halogens is 2. The van der Waals surface area contributed by atoms with Gasteiger partial charge in [0.25, 0.3) is 17.9 Å². The first-order valence-corrected chi connectivity index (χ1v) is 6.91. The molecule has 0 fully saturated rings. The van der Waals surface area contributed by atoms with E-state index in [4.69, 9.17) is 0 Å². The molecule has 0 saturated heterocycles. The van der Waals surface area contributed by atoms with E-state index in [-0.39, 0.29) is 17.1 Å². The Kier molecular flexibility index (Phi) is 4.36. The van der Waals surface area contributed by atoms with Crippen LogP contribution in [0.25, 0.3) is 0 Å². The molecular formula is C11H11F2N5O2S. The molecule has 2 rings (SSSR count). The number of hydrogen-bond donors (Lipinski definition) is 2. The normalized spacial score (nSPS) is 10.9. The first kappa shape index (κ1) is 15.2. The standard InChI is InChI=1S/C11H11F2N5O2S/c1-18-6(8(12)13)3-7(17-18)15-9(19)5-4-14-11(21-2)16-10(5)20/h3-4,8H,1-2H3,(H,14,16,20)(H,15,17,19). The van der Waals surface area contributed by atoms with Crippen molar-refractivity contribution in [3.05, 3.63) is 33.9 Å². The van der Waals surface area contributed by atoms with Crippen molar-refractivity contribution < 1.29 is 13.6 Å². The van der Waals surface area contributed by atoms with Gasteiger partial charge in [-0.2, -0.15) is 5.10 Å². The van der Waals surface area contributed by atoms with Crippen LogP contribution in [0.4, 0.5) is 14.6 Å². The molecule has 10 heteroatoms. The molecule has 0 bridgehead atoms. The van der Waals surface area contributed by atoms with Gasteiger partial charge >= 0.3 is 0 Å². The Balaban J connectivity index is 2.22. The zero-order valence-corrected chi connectivity index (χ0v) is 11.9. The molecule has 2 N–H and O–H groups in total. The van der Waals surface area contributed by atoms with Gasteiger partial charge in [-0.25, -0.2) is 13.8 Å². The van der Waals surface area contributed by atoms with Crippen LogP contribution >= 0.6 is 11.8 Å². The third-order valence-electron chi connectivity index (χ3n) is 2.60. The molecule has 2 aromatic heterocycles. The number of hydrogen-bond acceptors (Lipinski definition) is 5. The maximum atomic E-state index is 12.6. The molecule has 7 nitrogen and oxygen atoms in total. The molecule has 2 aromatic rings. The van der Waals surface area contributed by atoms with E-state index in [1.165, 1.54) is 18.8 Å². The fourth-order valence-corrected chi connectivity index (χ4v) is 1.93. The van der Waals surface area contributed by atoms with Crippen LogP contribution < -0.4 is 10.9 Å². The predicted molar refractivity (Wildman–Crippen MR) is 72.8 cm³/mol. The fraction of sp³-hybridized carbons (Fsp3) is 0.273. The van der Waals surface area contributed by atoms with E-state index >= 15 is 0 Å². The van der Waals surface area contributed by atoms with Gasteiger partial charge in [-0.1, -0.05) is 11.8 Å². The third kappa shape index (κ3) is 3.27. The molecule has 2 heterocycles. The summed E-state index contributed by atoms with van der Waals surface area (Å²) in [6, 6.07) is 1.04. The van der Waals surface area contributed by atoms with Gasteiger partial charge in [0.2, 0.25) is 0 Å². The summed E-state index contributed by atoms with van der Waals surface area (Å²) in [4.78, 5) is 29.9. The van der Waals surface area contributed by atoms with Gasteiger partial charge in [0.05, 0.1) is 0 Å². The number of H-pyrrole nitrogens is 1. The zero-order valence-electron chi connectivity index (χ0n) is 11.1. The number of thioether (sulfide) groups is 1. The molecule has 0 radical (unpaired) electrons. The molecule has 0 aromatic carbocycles. The number of aryl methyl sites for hydroxylation is 1. The summed E-state index contributed by atoms with van der Waals surface area (Å²) in [6.45, 7) is 0. The highest BCUT2D eigenvalue weighted by atomic mass is 32.2. The molecule has 0 saturated carbocycles. The largest absolute Gasteiger partial charge is 0.305 e. The van der Waals surface area contributed by atoms with Crippen LogP contribution in [0, 0.1) is 0 Å². The molecule has 0 aliphatic rings. The quantitative estimate of drug-likeness (QED) is 0.657. The number of aromatic amines is 1. The van der Waals surface area contributed by atoms with Gasteiger partial charge in [0, 0.05) is 19.3 Å². The van der Waals surface area contributed by atoms with Crippen molar-refractivity contribution in [3.63, 3.8) is 0 Å². The molecule has 0 aliphatic carbocycles. The van der Waals surface area contributed by atoms with E-state index in [2.05, 4.69) is 20.4 Å². The lowest BCUT2D eigenvalue weighted by molar-refractivity contribution is 0.102. The van der Waals surface area contributed by atoms with E-state index in [0.717, 1.165) is 16.9 Å². The molecule has 1 amide bonds. The lowest BCUT2D eigenvalue weighted by Crippen LogP contribution is -2.24. The van der Waals surface area contributed by atoms with Crippen LogP contribution in [0.5, 0.6) is 0 Å². The predicted octanol–water partition coefficient (Wildman–Crippen LogP) is 1.42. The minimum Gasteiger partial charge on any atom is -0.305 e. The summed E-state index contributed by atoms with van der Waals surface area (Å²) < 4.78 is 26.2. The number of carbonyl (C=O) groups excluding carboxylic acids is 1. The zero-order chi connectivity index (χ0) is 15.6. The topological polar surface area (TPSA) is 92.7 Å². The second-order valence-electron chi connectivity index (χ2n) is 3.97. The summed E-state index contributed by atoms with van der Waals surface area (Å²) >= 11 is 1.22. The number of amides is 1. The third-order valence-corrected chi connectivity index (χ3v) is 3.19. The Morgan fingerprint density at radius 2 is 2.24 bits per heavy atom. The number of anilines is 1. The fourth-order valence-electron chi connectivity index (χ4n) is 1.57. The maximum absolute atomic E-state index is 12.6. The van der Waals surface area contributed by atoms with E-state index in [1.807, 2.05) is 0 Å². The van der Waals surface area contributed by atoms with Crippen molar-refractivity contribution in [1.29, 1.82) is 0 Å². The van der Waals surface area contributed by atoms with Crippen molar-refractivity contribution in [2.24, 2.45) is 7.05 Å². The van der Waals surface area contributed by atoms with Gasteiger partial charge in [0.1, 0.15) is 11.3 Å². The van der Waals surface area contributed by atoms with Gasteiger partial charge in [-0.3, -0.25) is 14.3 Å². The minimum atomic E-state index is -2.71. The highest BCUT2D eigenvalue weighted by Gasteiger charge is 2.18. The lowest BCUT2D eigenvalue weighted by atomic mass is 10.3. The van der Waals surface area contributed by atoms with Crippen LogP contribution in [-0.2, 0) is 7.05 Å². The Morgan fingerprint density at radius 3 is 2.76 bits per heavy atom. The maximum Gasteiger partial charge on any atom is 0.280 e. The summed E-state index contributed by atoms with van der Waals surface area (Å²) in [6.07, 6.45) is 0.133. The average Bonchev–Trinajstić information content (AvgIpc) is 2.79. The first-order valence-electron chi connectivity index (χ1n) is 5.69. The average molecular weight is 315 g/mol. The number of rotatable bonds is 4. The Morgan fingerprint density at radius 1 is 1.52 bits per heavy atom. The van der Waals surface area contributed by atoms with Crippen molar-refractivity contribution in [2.45, 2.75) is 11.6 Å². The van der Waals surface area contributed by atoms with Crippen LogP contribution in [0.1, 0.15) is 22.5 Å². The van der Waals surface area contributed by atoms with E-state index in [0.29, 0.717) is 5.16 Å². The van der Waals surface area contributed by atoms with Crippen LogP contribution in [0.3, 0.4) is 0 Å². The van der Waals surface area contributed by atoms with E-state index in [1.54, 1.807) is 6.26 Å². The molecule has 0 unspecified atom stereocenters. The number of alkyl halides is 2. The van der Waals surface area contributed by atoms with Gasteiger partial charge in [-0.15, -0.1) is 0 Å². The summed E-state index contributed by atoms with van der Waals surface area (Å²) in [7, 11) is 1.33. The Labute approximate surface area is 121 Å². The first-order chi connectivity index (χ1) is 9.92. The smallest absolute Gasteiger partial charge is 0.280 e. The number of nitrogens with one attached hydrogen (secondary N) is 2. The number of carbonyl (C=O) groups is 1. The second kappa shape index (κ2) is 6.04. The number of nitrogens with zero attached hydrogens (tertiary/aromatic N) is 3. The lowest BCUT2D eigenvalue weighted by Gasteiger charge is -2.01. The highest BCUT2D eigenvalue weighted by molar-refractivity contribution is 7.98. The van der Waals surface area contributed by atoms with Gasteiger partial charge in [0.15, 0.2) is 11.0 Å². The molecule has 112 valence electrons. The van der Waals surface area contributed by atoms with Crippen molar-refractivity contribution in [1.82, 2.24) is 19.7 Å². The monoisotopic (exact) mass is 315 g/mol. The van der Waals surface area contributed by atoms with Crippen LogP contribution in [-0.4, -0.2) is 31.9 Å². The summed E-state index contributed by atoms with van der Waals surface area (Å²) in [5.41, 5.74) is -1.18. The molecule has 0 atom stereocenters. The van der Waals surface area contributed by atoms with Gasteiger partial charge < -0.3 is 10.3 Å². The van der Waals surface area contributed by atoms with E-state index < -0.39 is 17.9 Å². The SMILES string of the molecule is CSc1ncc(C(=O)Nc2cc(C(F)F)n(C)n2)c(=O)[nH]1. The molecule has 0 spiro atoms. The summed E-state index contributed by atoms with van der Waals surface area (Å²) in [5, 5.41) is 6.38. The van der Waals surface area contributed by atoms with Crippen molar-refractivity contribution >= 4 is 23.5 Å². The van der Waals surface area contributed by atoms with Crippen molar-refractivity contribution in [3.8, 4) is 0 Å². The Hall–Kier alpha value is -2.23. The molecule has 21 heavy (non-hydrogen) atoms. The molecule has 0 aliphatic heterocycles. The van der Waals surface area contributed by atoms with Crippen LogP contribution in [0.15, 0.2) is 22.2 Å². The molecular weight excluding hydrogens is 304 g/mol. The summed E-state index contributed by atoms with van der Waals surface area (Å²) in [5.74, 6) is -0.832. The second-order valence-corrected chi connectivity index (χ2v) is 4.76. The van der Waals surface area contributed by atoms with Crippen molar-refractivity contribution in [2.75, 3.05) is 11.6 Å². The number of aromatic nitrogens is 4. The van der Waals surface area contributed by atoms with Gasteiger partial charge in [-0.05, 0) is 6.26 Å². The minimum absolute atomic E-state index is 0.0638. The van der Waals surface area contributed by atoms with Crippen LogP contribution in [0.2, 0.25) is 0 Å².